The van der Waals surface area contributed by atoms with Gasteiger partial charge in [0.25, 0.3) is 0 Å². The van der Waals surface area contributed by atoms with Gasteiger partial charge in [0, 0.05) is 34.9 Å². The van der Waals surface area contributed by atoms with Gasteiger partial charge < -0.3 is 5.32 Å². The Bertz CT molecular complexity index is 399. The molecule has 15 heavy (non-hydrogen) atoms. The van der Waals surface area contributed by atoms with Crippen molar-refractivity contribution < 1.29 is 8.60 Å². The minimum atomic E-state index is -0.754. The van der Waals surface area contributed by atoms with Crippen LogP contribution in [0, 0.1) is 5.82 Å². The summed E-state index contributed by atoms with van der Waals surface area (Å²) in [4.78, 5) is 0. The summed E-state index contributed by atoms with van der Waals surface area (Å²) in [6, 6.07) is 4.99. The first-order valence-corrected chi connectivity index (χ1v) is 6.98. The Kier molecular flexibility index (Phi) is 3.53. The molecule has 5 heteroatoms. The van der Waals surface area contributed by atoms with Gasteiger partial charge in [-0.15, -0.1) is 0 Å². The summed E-state index contributed by atoms with van der Waals surface area (Å²) >= 11 is 3.15. The van der Waals surface area contributed by atoms with Gasteiger partial charge in [0.05, 0.1) is 4.47 Å². The molecule has 1 heterocycles. The fourth-order valence-corrected chi connectivity index (χ4v) is 3.21. The molecule has 1 aliphatic rings. The number of nitrogens with one attached hydrogen (secondary N) is 1. The van der Waals surface area contributed by atoms with E-state index in [1.165, 1.54) is 6.07 Å². The average molecular weight is 292 g/mol. The van der Waals surface area contributed by atoms with E-state index < -0.39 is 10.8 Å². The molecule has 1 saturated heterocycles. The third-order valence-corrected chi connectivity index (χ3v) is 4.39. The maximum atomic E-state index is 13.0. The van der Waals surface area contributed by atoms with Crippen LogP contribution in [0.15, 0.2) is 22.7 Å². The average Bonchev–Trinajstić information content (AvgIpc) is 2.22. The van der Waals surface area contributed by atoms with Crippen molar-refractivity contribution in [1.82, 2.24) is 5.32 Å². The van der Waals surface area contributed by atoms with E-state index >= 15 is 0 Å². The van der Waals surface area contributed by atoms with Crippen LogP contribution in [0.5, 0.6) is 0 Å². The molecule has 2 unspecified atom stereocenters. The lowest BCUT2D eigenvalue weighted by Gasteiger charge is -2.23. The Labute approximate surface area is 98.8 Å². The van der Waals surface area contributed by atoms with Crippen molar-refractivity contribution in [2.75, 3.05) is 18.1 Å². The van der Waals surface area contributed by atoms with Crippen LogP contribution >= 0.6 is 15.9 Å². The van der Waals surface area contributed by atoms with Crippen LogP contribution < -0.4 is 5.32 Å². The second-order valence-corrected chi connectivity index (χ2v) is 5.97. The van der Waals surface area contributed by atoms with Crippen molar-refractivity contribution in [3.8, 4) is 0 Å². The second kappa shape index (κ2) is 4.72. The first kappa shape index (κ1) is 11.2. The zero-order chi connectivity index (χ0) is 10.8. The molecule has 0 radical (unpaired) electrons. The number of rotatable bonds is 1. The summed E-state index contributed by atoms with van der Waals surface area (Å²) in [6.45, 7) is 0.756. The summed E-state index contributed by atoms with van der Waals surface area (Å²) in [7, 11) is -0.754. The highest BCUT2D eigenvalue weighted by atomic mass is 79.9. The number of benzene rings is 1. The lowest BCUT2D eigenvalue weighted by molar-refractivity contribution is 0.568. The summed E-state index contributed by atoms with van der Waals surface area (Å²) in [5.41, 5.74) is 0.983. The lowest BCUT2D eigenvalue weighted by atomic mass is 10.1. The van der Waals surface area contributed by atoms with Crippen molar-refractivity contribution in [2.45, 2.75) is 6.04 Å². The third-order valence-electron chi connectivity index (χ3n) is 2.42. The van der Waals surface area contributed by atoms with Crippen LogP contribution in [0.4, 0.5) is 4.39 Å². The molecule has 1 aromatic carbocycles. The van der Waals surface area contributed by atoms with E-state index in [1.807, 2.05) is 0 Å². The van der Waals surface area contributed by atoms with Gasteiger partial charge in [-0.05, 0) is 33.6 Å². The lowest BCUT2D eigenvalue weighted by Crippen LogP contribution is -2.36. The first-order valence-electron chi connectivity index (χ1n) is 4.70. The largest absolute Gasteiger partial charge is 0.308 e. The van der Waals surface area contributed by atoms with E-state index in [4.69, 9.17) is 0 Å². The van der Waals surface area contributed by atoms with Crippen molar-refractivity contribution in [3.63, 3.8) is 0 Å². The molecule has 0 amide bonds. The van der Waals surface area contributed by atoms with Crippen LogP contribution in [0.1, 0.15) is 11.6 Å². The van der Waals surface area contributed by atoms with Gasteiger partial charge in [-0.25, -0.2) is 4.39 Å². The van der Waals surface area contributed by atoms with Crippen molar-refractivity contribution in [1.29, 1.82) is 0 Å². The fraction of sp³-hybridized carbons (Fsp3) is 0.400. The molecule has 1 aromatic rings. The van der Waals surface area contributed by atoms with Crippen molar-refractivity contribution in [3.05, 3.63) is 34.1 Å². The zero-order valence-electron chi connectivity index (χ0n) is 8.00. The Morgan fingerprint density at radius 1 is 1.53 bits per heavy atom. The van der Waals surface area contributed by atoms with Crippen LogP contribution in [0.25, 0.3) is 0 Å². The highest BCUT2D eigenvalue weighted by Crippen LogP contribution is 2.23. The quantitative estimate of drug-likeness (QED) is 0.857. The van der Waals surface area contributed by atoms with Crippen LogP contribution in [-0.2, 0) is 10.8 Å². The Morgan fingerprint density at radius 3 is 3.00 bits per heavy atom. The summed E-state index contributed by atoms with van der Waals surface area (Å²) < 4.78 is 24.9. The minimum Gasteiger partial charge on any atom is -0.308 e. The molecule has 0 aliphatic carbocycles. The minimum absolute atomic E-state index is 0.0801. The Morgan fingerprint density at radius 2 is 2.33 bits per heavy atom. The molecule has 2 rings (SSSR count). The fourth-order valence-electron chi connectivity index (χ4n) is 1.62. The highest BCUT2D eigenvalue weighted by Gasteiger charge is 2.19. The van der Waals surface area contributed by atoms with Gasteiger partial charge >= 0.3 is 0 Å². The first-order chi connectivity index (χ1) is 7.16. The van der Waals surface area contributed by atoms with E-state index in [2.05, 4.69) is 21.2 Å². The molecule has 82 valence electrons. The van der Waals surface area contributed by atoms with E-state index in [9.17, 15) is 8.60 Å². The molecule has 2 atom stereocenters. The molecule has 1 fully saturated rings. The number of hydrogen-bond donors (Lipinski definition) is 1. The van der Waals surface area contributed by atoms with E-state index in [1.54, 1.807) is 12.1 Å². The molecule has 0 spiro atoms. The normalized spacial score (nSPS) is 26.5. The highest BCUT2D eigenvalue weighted by molar-refractivity contribution is 9.10. The summed E-state index contributed by atoms with van der Waals surface area (Å²) in [5.74, 6) is 1.05. The molecular formula is C10H11BrFNOS. The van der Waals surface area contributed by atoms with Gasteiger partial charge in [0.1, 0.15) is 5.82 Å². The standard InChI is InChI=1S/C10H11BrFNOS/c11-8-5-7(1-2-9(8)12)10-6-15(14)4-3-13-10/h1-2,5,10,13H,3-4,6H2. The summed E-state index contributed by atoms with van der Waals surface area (Å²) in [5, 5.41) is 3.28. The molecule has 0 aromatic heterocycles. The number of hydrogen-bond acceptors (Lipinski definition) is 2. The SMILES string of the molecule is O=S1CCNC(c2ccc(F)c(Br)c2)C1. The molecule has 1 aliphatic heterocycles. The predicted molar refractivity (Wildman–Crippen MR) is 62.7 cm³/mol. The van der Waals surface area contributed by atoms with E-state index in [0.717, 1.165) is 12.1 Å². The topological polar surface area (TPSA) is 29.1 Å². The van der Waals surface area contributed by atoms with Crippen LogP contribution in [0.2, 0.25) is 0 Å². The third kappa shape index (κ3) is 2.65. The molecule has 1 N–H and O–H groups in total. The molecule has 0 bridgehead atoms. The van der Waals surface area contributed by atoms with Crippen molar-refractivity contribution in [2.24, 2.45) is 0 Å². The molecule has 0 saturated carbocycles. The molecule has 2 nitrogen and oxygen atoms in total. The Balaban J connectivity index is 2.21. The maximum absolute atomic E-state index is 13.0. The van der Waals surface area contributed by atoms with E-state index in [0.29, 0.717) is 16.0 Å². The van der Waals surface area contributed by atoms with Crippen molar-refractivity contribution >= 4 is 26.7 Å². The smallest absolute Gasteiger partial charge is 0.137 e. The molecular weight excluding hydrogens is 281 g/mol. The van der Waals surface area contributed by atoms with Gasteiger partial charge in [-0.1, -0.05) is 6.07 Å². The Hall–Kier alpha value is -0.260. The predicted octanol–water partition coefficient (Wildman–Crippen LogP) is 1.98. The second-order valence-electron chi connectivity index (χ2n) is 3.49. The van der Waals surface area contributed by atoms with Gasteiger partial charge in [0.15, 0.2) is 0 Å². The maximum Gasteiger partial charge on any atom is 0.137 e. The summed E-state index contributed by atoms with van der Waals surface area (Å²) in [6.07, 6.45) is 0. The van der Waals surface area contributed by atoms with Gasteiger partial charge in [-0.2, -0.15) is 0 Å². The zero-order valence-corrected chi connectivity index (χ0v) is 10.4. The van der Waals surface area contributed by atoms with Gasteiger partial charge in [-0.3, -0.25) is 4.21 Å². The monoisotopic (exact) mass is 291 g/mol. The van der Waals surface area contributed by atoms with Crippen LogP contribution in [-0.4, -0.2) is 22.3 Å². The van der Waals surface area contributed by atoms with E-state index in [-0.39, 0.29) is 11.9 Å². The number of halogens is 2. The van der Waals surface area contributed by atoms with Crippen LogP contribution in [0.3, 0.4) is 0 Å². The van der Waals surface area contributed by atoms with Gasteiger partial charge in [0.2, 0.25) is 0 Å².